The van der Waals surface area contributed by atoms with Gasteiger partial charge in [-0.05, 0) is 24.8 Å². The first-order valence-electron chi connectivity index (χ1n) is 8.72. The van der Waals surface area contributed by atoms with Gasteiger partial charge in [0.1, 0.15) is 0 Å². The summed E-state index contributed by atoms with van der Waals surface area (Å²) in [6.45, 7) is 0.374. The van der Waals surface area contributed by atoms with Gasteiger partial charge in [-0.1, -0.05) is 48.9 Å². The van der Waals surface area contributed by atoms with Crippen LogP contribution in [-0.2, 0) is 18.4 Å². The van der Waals surface area contributed by atoms with Crippen LogP contribution in [0.4, 0.5) is 0 Å². The van der Waals surface area contributed by atoms with Crippen molar-refractivity contribution < 1.29 is 5.11 Å². The van der Waals surface area contributed by atoms with Crippen molar-refractivity contribution in [1.82, 2.24) is 9.55 Å². The zero-order chi connectivity index (χ0) is 16.3. The zero-order valence-electron chi connectivity index (χ0n) is 13.5. The fourth-order valence-corrected chi connectivity index (χ4v) is 5.67. The second-order valence-corrected chi connectivity index (χ2v) is 8.31. The summed E-state index contributed by atoms with van der Waals surface area (Å²) >= 11 is 1.49. The fourth-order valence-electron chi connectivity index (χ4n) is 4.75. The molecule has 1 spiro atoms. The van der Waals surface area contributed by atoms with Crippen molar-refractivity contribution in [2.24, 2.45) is 0 Å². The molecule has 1 N–H and O–H groups in total. The number of thioether (sulfide) groups is 1. The Labute approximate surface area is 144 Å². The summed E-state index contributed by atoms with van der Waals surface area (Å²) in [7, 11) is 0. The third-order valence-electron chi connectivity index (χ3n) is 5.82. The molecular weight excluding hydrogens is 320 g/mol. The highest BCUT2D eigenvalue weighted by atomic mass is 32.2. The molecule has 4 nitrogen and oxygen atoms in total. The van der Waals surface area contributed by atoms with Crippen LogP contribution < -0.4 is 5.56 Å². The van der Waals surface area contributed by atoms with Gasteiger partial charge < -0.3 is 5.11 Å². The maximum Gasteiger partial charge on any atom is 0.258 e. The van der Waals surface area contributed by atoms with Crippen LogP contribution in [0, 0.1) is 0 Å². The summed E-state index contributed by atoms with van der Waals surface area (Å²) in [5, 5.41) is 10.7. The molecule has 2 heterocycles. The first kappa shape index (κ1) is 14.7. The molecule has 1 fully saturated rings. The Balaban J connectivity index is 1.83. The number of hydrogen-bond donors (Lipinski definition) is 1. The lowest BCUT2D eigenvalue weighted by molar-refractivity contribution is 0.166. The number of nitrogens with zero attached hydrogens (tertiary/aromatic N) is 2. The van der Waals surface area contributed by atoms with E-state index in [9.17, 15) is 9.90 Å². The average Bonchev–Trinajstić information content (AvgIpc) is 3.04. The maximum absolute atomic E-state index is 13.4. The monoisotopic (exact) mass is 340 g/mol. The van der Waals surface area contributed by atoms with Gasteiger partial charge >= 0.3 is 0 Å². The average molecular weight is 340 g/mol. The summed E-state index contributed by atoms with van der Waals surface area (Å²) in [6.07, 6.45) is 4.98. The van der Waals surface area contributed by atoms with Crippen LogP contribution in [-0.4, -0.2) is 26.5 Å². The van der Waals surface area contributed by atoms with E-state index < -0.39 is 6.10 Å². The van der Waals surface area contributed by atoms with Gasteiger partial charge in [-0.15, -0.1) is 0 Å². The summed E-state index contributed by atoms with van der Waals surface area (Å²) in [5.41, 5.74) is 4.29. The largest absolute Gasteiger partial charge is 0.390 e. The molecule has 0 saturated heterocycles. The predicted octanol–water partition coefficient (Wildman–Crippen LogP) is 2.74. The zero-order valence-corrected chi connectivity index (χ0v) is 14.3. The highest BCUT2D eigenvalue weighted by molar-refractivity contribution is 7.99. The third-order valence-corrected chi connectivity index (χ3v) is 6.95. The highest BCUT2D eigenvalue weighted by Gasteiger charge is 2.44. The molecule has 1 aliphatic heterocycles. The Bertz CT molecular complexity index is 883. The molecule has 1 saturated carbocycles. The molecule has 0 unspecified atom stereocenters. The Morgan fingerprint density at radius 1 is 1.25 bits per heavy atom. The number of aromatic nitrogens is 2. The quantitative estimate of drug-likeness (QED) is 0.749. The maximum atomic E-state index is 13.4. The summed E-state index contributed by atoms with van der Waals surface area (Å²) in [5.74, 6) is 0.609. The molecule has 24 heavy (non-hydrogen) atoms. The van der Waals surface area contributed by atoms with Crippen LogP contribution >= 0.6 is 11.8 Å². The van der Waals surface area contributed by atoms with E-state index >= 15 is 0 Å². The molecular formula is C19H20N2O2S. The molecule has 2 aliphatic carbocycles. The molecule has 0 amide bonds. The minimum absolute atomic E-state index is 0.0527. The van der Waals surface area contributed by atoms with E-state index in [0.717, 1.165) is 41.2 Å². The van der Waals surface area contributed by atoms with Gasteiger partial charge in [0.05, 0.1) is 23.9 Å². The van der Waals surface area contributed by atoms with Crippen LogP contribution in [0.25, 0.3) is 11.3 Å². The topological polar surface area (TPSA) is 55.1 Å². The summed E-state index contributed by atoms with van der Waals surface area (Å²) in [6, 6.07) is 8.41. The fraction of sp³-hybridized carbons (Fsp3) is 0.474. The molecule has 1 atom stereocenters. The molecule has 0 radical (unpaired) electrons. The van der Waals surface area contributed by atoms with Gasteiger partial charge in [-0.25, -0.2) is 4.98 Å². The Morgan fingerprint density at radius 2 is 2.04 bits per heavy atom. The first-order valence-corrected chi connectivity index (χ1v) is 9.71. The Hall–Kier alpha value is -1.59. The first-order chi connectivity index (χ1) is 11.7. The molecule has 5 heteroatoms. The van der Waals surface area contributed by atoms with Crippen molar-refractivity contribution in [1.29, 1.82) is 0 Å². The van der Waals surface area contributed by atoms with Crippen LogP contribution in [0.1, 0.15) is 36.8 Å². The van der Waals surface area contributed by atoms with Gasteiger partial charge in [0, 0.05) is 16.7 Å². The lowest BCUT2D eigenvalue weighted by Gasteiger charge is -2.37. The standard InChI is InChI=1S/C19H20N2O2S/c22-13-10-21-17(23)15-16(20-18(21)24-11-13)14-6-2-1-5-12(14)9-19(15)7-3-4-8-19/h1-2,5-6,13,22H,3-4,7-11H2/t13-/m1/s1. The van der Waals surface area contributed by atoms with E-state index in [1.165, 1.54) is 30.2 Å². The highest BCUT2D eigenvalue weighted by Crippen LogP contribution is 2.50. The van der Waals surface area contributed by atoms with Crippen molar-refractivity contribution in [3.8, 4) is 11.3 Å². The lowest BCUT2D eigenvalue weighted by atomic mass is 9.68. The van der Waals surface area contributed by atoms with E-state index in [1.54, 1.807) is 4.57 Å². The van der Waals surface area contributed by atoms with Gasteiger partial charge in [0.2, 0.25) is 0 Å². The summed E-state index contributed by atoms with van der Waals surface area (Å²) < 4.78 is 1.71. The molecule has 3 aliphatic rings. The van der Waals surface area contributed by atoms with Gasteiger partial charge in [0.15, 0.2) is 5.16 Å². The molecule has 2 aromatic rings. The Morgan fingerprint density at radius 3 is 2.88 bits per heavy atom. The van der Waals surface area contributed by atoms with Crippen molar-refractivity contribution in [3.63, 3.8) is 0 Å². The summed E-state index contributed by atoms with van der Waals surface area (Å²) in [4.78, 5) is 18.3. The molecule has 0 bridgehead atoms. The van der Waals surface area contributed by atoms with Crippen LogP contribution in [0.2, 0.25) is 0 Å². The normalized spacial score (nSPS) is 23.6. The molecule has 1 aromatic carbocycles. The van der Waals surface area contributed by atoms with Crippen LogP contribution in [0.3, 0.4) is 0 Å². The van der Waals surface area contributed by atoms with E-state index in [0.29, 0.717) is 12.3 Å². The number of benzene rings is 1. The molecule has 1 aromatic heterocycles. The predicted molar refractivity (Wildman–Crippen MR) is 94.5 cm³/mol. The number of hydrogen-bond acceptors (Lipinski definition) is 4. The number of aliphatic hydroxyl groups is 1. The van der Waals surface area contributed by atoms with Crippen molar-refractivity contribution in [2.45, 2.75) is 55.3 Å². The van der Waals surface area contributed by atoms with E-state index in [-0.39, 0.29) is 11.0 Å². The van der Waals surface area contributed by atoms with Gasteiger partial charge in [-0.2, -0.15) is 0 Å². The SMILES string of the molecule is O=c1c2c(nc3n1C[C@@H](O)CS3)-c1ccccc1CC21CCCC1. The second-order valence-electron chi connectivity index (χ2n) is 7.32. The Kier molecular flexibility index (Phi) is 3.19. The minimum atomic E-state index is -0.463. The van der Waals surface area contributed by atoms with Crippen molar-refractivity contribution in [3.05, 3.63) is 45.7 Å². The van der Waals surface area contributed by atoms with Crippen molar-refractivity contribution >= 4 is 11.8 Å². The van der Waals surface area contributed by atoms with Gasteiger partial charge in [0.25, 0.3) is 5.56 Å². The lowest BCUT2D eigenvalue weighted by Crippen LogP contribution is -2.43. The van der Waals surface area contributed by atoms with Gasteiger partial charge in [-0.3, -0.25) is 9.36 Å². The van der Waals surface area contributed by atoms with Crippen LogP contribution in [0.5, 0.6) is 0 Å². The number of rotatable bonds is 0. The minimum Gasteiger partial charge on any atom is -0.390 e. The van der Waals surface area contributed by atoms with Crippen LogP contribution in [0.15, 0.2) is 34.2 Å². The molecule has 124 valence electrons. The smallest absolute Gasteiger partial charge is 0.258 e. The number of fused-ring (bicyclic) bond motifs is 5. The molecule has 5 rings (SSSR count). The van der Waals surface area contributed by atoms with Crippen molar-refractivity contribution in [2.75, 3.05) is 5.75 Å². The second kappa shape index (κ2) is 5.20. The third kappa shape index (κ3) is 1.97. The number of aliphatic hydroxyl groups excluding tert-OH is 1. The van der Waals surface area contributed by atoms with E-state index in [2.05, 4.69) is 18.2 Å². The van der Waals surface area contributed by atoms with E-state index in [4.69, 9.17) is 4.98 Å². The van der Waals surface area contributed by atoms with E-state index in [1.807, 2.05) is 6.07 Å².